The van der Waals surface area contributed by atoms with E-state index in [1.54, 1.807) is 12.4 Å². The number of aromatic nitrogens is 4. The van der Waals surface area contributed by atoms with E-state index >= 15 is 0 Å². The Morgan fingerprint density at radius 2 is 1.81 bits per heavy atom. The number of anilines is 1. The standard InChI is InChI=1S/C17H17F3N6O/c18-17(19,20)13-2-1-5-26(13)14(27)11-6-23-15(24-7-11)25-16(3-4-16)12-8-21-10-22-9-12/h6-10,13H,1-5H2,(H,23,24,25). The molecule has 10 heteroatoms. The number of likely N-dealkylation sites (tertiary alicyclic amines) is 1. The van der Waals surface area contributed by atoms with Crippen molar-refractivity contribution in [2.75, 3.05) is 11.9 Å². The predicted octanol–water partition coefficient (Wildman–Crippen LogP) is 2.53. The Morgan fingerprint density at radius 3 is 2.41 bits per heavy atom. The molecule has 2 aliphatic rings. The lowest BCUT2D eigenvalue weighted by Gasteiger charge is -2.26. The molecule has 0 spiro atoms. The first-order chi connectivity index (χ1) is 12.9. The highest BCUT2D eigenvalue weighted by atomic mass is 19.4. The number of amides is 1. The van der Waals surface area contributed by atoms with Crippen LogP contribution in [0, 0.1) is 0 Å². The lowest BCUT2D eigenvalue weighted by Crippen LogP contribution is -2.44. The van der Waals surface area contributed by atoms with E-state index in [9.17, 15) is 18.0 Å². The van der Waals surface area contributed by atoms with Crippen molar-refractivity contribution in [1.82, 2.24) is 24.8 Å². The van der Waals surface area contributed by atoms with Crippen molar-refractivity contribution in [3.63, 3.8) is 0 Å². The zero-order valence-corrected chi connectivity index (χ0v) is 14.3. The van der Waals surface area contributed by atoms with Crippen molar-refractivity contribution in [3.05, 3.63) is 42.2 Å². The second kappa shape index (κ2) is 6.43. The van der Waals surface area contributed by atoms with Crippen LogP contribution in [0.1, 0.15) is 41.6 Å². The van der Waals surface area contributed by atoms with E-state index in [0.717, 1.165) is 23.3 Å². The molecule has 1 saturated carbocycles. The van der Waals surface area contributed by atoms with Crippen LogP contribution >= 0.6 is 0 Å². The third kappa shape index (κ3) is 3.43. The Hall–Kier alpha value is -2.78. The summed E-state index contributed by atoms with van der Waals surface area (Å²) in [7, 11) is 0. The molecule has 2 aromatic rings. The maximum atomic E-state index is 13.1. The van der Waals surface area contributed by atoms with Crippen LogP contribution in [-0.2, 0) is 5.54 Å². The van der Waals surface area contributed by atoms with Crippen molar-refractivity contribution < 1.29 is 18.0 Å². The zero-order chi connectivity index (χ0) is 19.1. The largest absolute Gasteiger partial charge is 0.408 e. The first-order valence-electron chi connectivity index (χ1n) is 8.62. The monoisotopic (exact) mass is 378 g/mol. The van der Waals surface area contributed by atoms with Gasteiger partial charge >= 0.3 is 6.18 Å². The van der Waals surface area contributed by atoms with E-state index in [2.05, 4.69) is 25.3 Å². The van der Waals surface area contributed by atoms with E-state index in [-0.39, 0.29) is 24.1 Å². The SMILES string of the molecule is O=C(c1cnc(NC2(c3cncnc3)CC2)nc1)N1CCCC1C(F)(F)F. The molecule has 1 atom stereocenters. The molecule has 1 amide bonds. The smallest absolute Gasteiger partial charge is 0.345 e. The number of nitrogens with one attached hydrogen (secondary N) is 1. The maximum absolute atomic E-state index is 13.1. The highest BCUT2D eigenvalue weighted by molar-refractivity contribution is 5.94. The van der Waals surface area contributed by atoms with Gasteiger partial charge in [-0.3, -0.25) is 4.79 Å². The van der Waals surface area contributed by atoms with Crippen molar-refractivity contribution in [2.24, 2.45) is 0 Å². The molecular weight excluding hydrogens is 361 g/mol. The van der Waals surface area contributed by atoms with Crippen LogP contribution in [-0.4, -0.2) is 49.5 Å². The minimum absolute atomic E-state index is 0.0459. The van der Waals surface area contributed by atoms with E-state index in [1.807, 2.05) is 0 Å². The second-order valence-corrected chi connectivity index (χ2v) is 6.83. The second-order valence-electron chi connectivity index (χ2n) is 6.83. The molecule has 7 nitrogen and oxygen atoms in total. The number of rotatable bonds is 4. The fraction of sp³-hybridized carbons (Fsp3) is 0.471. The topological polar surface area (TPSA) is 83.9 Å². The van der Waals surface area contributed by atoms with Gasteiger partial charge in [-0.2, -0.15) is 13.2 Å². The summed E-state index contributed by atoms with van der Waals surface area (Å²) in [6.45, 7) is 0.0835. The molecule has 1 unspecified atom stereocenters. The summed E-state index contributed by atoms with van der Waals surface area (Å²) in [5.41, 5.74) is 0.631. The van der Waals surface area contributed by atoms with Crippen LogP contribution in [0.4, 0.5) is 19.1 Å². The first kappa shape index (κ1) is 17.6. The number of carbonyl (C=O) groups excluding carboxylic acids is 1. The minimum Gasteiger partial charge on any atom is -0.345 e. The molecule has 0 bridgehead atoms. The fourth-order valence-electron chi connectivity index (χ4n) is 3.39. The summed E-state index contributed by atoms with van der Waals surface area (Å²) in [6, 6.07) is -1.74. The van der Waals surface area contributed by atoms with E-state index in [0.29, 0.717) is 12.4 Å². The lowest BCUT2D eigenvalue weighted by atomic mass is 10.1. The number of alkyl halides is 3. The van der Waals surface area contributed by atoms with Gasteiger partial charge in [0.05, 0.1) is 11.1 Å². The fourth-order valence-corrected chi connectivity index (χ4v) is 3.39. The molecule has 0 aromatic carbocycles. The van der Waals surface area contributed by atoms with Crippen LogP contribution in [0.15, 0.2) is 31.1 Å². The normalized spacial score (nSPS) is 21.1. The van der Waals surface area contributed by atoms with Crippen LogP contribution in [0.5, 0.6) is 0 Å². The summed E-state index contributed by atoms with van der Waals surface area (Å²) < 4.78 is 39.2. The average Bonchev–Trinajstić information content (AvgIpc) is 3.26. The third-order valence-corrected chi connectivity index (χ3v) is 5.00. The Kier molecular flexibility index (Phi) is 4.20. The molecule has 0 radical (unpaired) electrons. The van der Waals surface area contributed by atoms with Gasteiger partial charge in [0.2, 0.25) is 5.95 Å². The van der Waals surface area contributed by atoms with Gasteiger partial charge in [-0.25, -0.2) is 19.9 Å². The average molecular weight is 378 g/mol. The Morgan fingerprint density at radius 1 is 1.15 bits per heavy atom. The summed E-state index contributed by atoms with van der Waals surface area (Å²) >= 11 is 0. The number of carbonyl (C=O) groups is 1. The summed E-state index contributed by atoms with van der Waals surface area (Å²) in [5, 5.41) is 3.21. The number of nitrogens with zero attached hydrogens (tertiary/aromatic N) is 5. The molecule has 2 fully saturated rings. The summed E-state index contributed by atoms with van der Waals surface area (Å²) in [4.78, 5) is 29.5. The highest BCUT2D eigenvalue weighted by Crippen LogP contribution is 2.47. The number of hydrogen-bond acceptors (Lipinski definition) is 6. The van der Waals surface area contributed by atoms with Crippen LogP contribution in [0.3, 0.4) is 0 Å². The van der Waals surface area contributed by atoms with Crippen molar-refractivity contribution >= 4 is 11.9 Å². The number of hydrogen-bond donors (Lipinski definition) is 1. The third-order valence-electron chi connectivity index (χ3n) is 5.00. The Bertz CT molecular complexity index is 823. The molecule has 27 heavy (non-hydrogen) atoms. The van der Waals surface area contributed by atoms with Gasteiger partial charge < -0.3 is 10.2 Å². The van der Waals surface area contributed by atoms with E-state index in [4.69, 9.17) is 0 Å². The van der Waals surface area contributed by atoms with Gasteiger partial charge in [0.1, 0.15) is 12.4 Å². The first-order valence-corrected chi connectivity index (χ1v) is 8.62. The van der Waals surface area contributed by atoms with E-state index < -0.39 is 18.1 Å². The lowest BCUT2D eigenvalue weighted by molar-refractivity contribution is -0.169. The minimum atomic E-state index is -4.43. The molecule has 142 valence electrons. The maximum Gasteiger partial charge on any atom is 0.408 e. The molecular formula is C17H17F3N6O. The van der Waals surface area contributed by atoms with E-state index in [1.165, 1.54) is 18.7 Å². The quantitative estimate of drug-likeness (QED) is 0.880. The van der Waals surface area contributed by atoms with Crippen LogP contribution in [0.2, 0.25) is 0 Å². The van der Waals surface area contributed by atoms with Gasteiger partial charge in [0.15, 0.2) is 0 Å². The molecule has 1 aliphatic carbocycles. The molecule has 2 aromatic heterocycles. The molecule has 1 aliphatic heterocycles. The van der Waals surface area contributed by atoms with Crippen LogP contribution < -0.4 is 5.32 Å². The summed E-state index contributed by atoms with van der Waals surface area (Å²) in [5.74, 6) is -0.388. The molecule has 4 rings (SSSR count). The summed E-state index contributed by atoms with van der Waals surface area (Å²) in [6.07, 6.45) is 4.98. The van der Waals surface area contributed by atoms with Gasteiger partial charge in [-0.05, 0) is 25.7 Å². The van der Waals surface area contributed by atoms with Crippen molar-refractivity contribution in [1.29, 1.82) is 0 Å². The van der Waals surface area contributed by atoms with Gasteiger partial charge in [0.25, 0.3) is 5.91 Å². The van der Waals surface area contributed by atoms with Crippen molar-refractivity contribution in [2.45, 2.75) is 43.4 Å². The highest BCUT2D eigenvalue weighted by Gasteiger charge is 2.48. The Balaban J connectivity index is 1.47. The predicted molar refractivity (Wildman–Crippen MR) is 88.7 cm³/mol. The molecule has 3 heterocycles. The van der Waals surface area contributed by atoms with Gasteiger partial charge in [-0.1, -0.05) is 0 Å². The van der Waals surface area contributed by atoms with Crippen LogP contribution in [0.25, 0.3) is 0 Å². The number of halogens is 3. The zero-order valence-electron chi connectivity index (χ0n) is 14.3. The van der Waals surface area contributed by atoms with Gasteiger partial charge in [-0.15, -0.1) is 0 Å². The molecule has 1 N–H and O–H groups in total. The van der Waals surface area contributed by atoms with Gasteiger partial charge in [0, 0.05) is 36.9 Å². The molecule has 1 saturated heterocycles. The van der Waals surface area contributed by atoms with Crippen molar-refractivity contribution in [3.8, 4) is 0 Å². The Labute approximate surface area is 153 Å².